The average molecular weight is 472 g/mol. The topological polar surface area (TPSA) is 118 Å². The van der Waals surface area contributed by atoms with Crippen LogP contribution in [-0.4, -0.2) is 60.6 Å². The van der Waals surface area contributed by atoms with Crippen LogP contribution < -0.4 is 5.32 Å². The highest BCUT2D eigenvalue weighted by Crippen LogP contribution is 2.19. The van der Waals surface area contributed by atoms with E-state index in [1.807, 2.05) is 6.92 Å². The number of aromatic nitrogens is 1. The van der Waals surface area contributed by atoms with E-state index in [0.29, 0.717) is 13.0 Å². The highest BCUT2D eigenvalue weighted by molar-refractivity contribution is 7.14. The van der Waals surface area contributed by atoms with Gasteiger partial charge in [0.15, 0.2) is 17.5 Å². The Morgan fingerprint density at radius 3 is 2.75 bits per heavy atom. The first-order chi connectivity index (χ1) is 15.2. The van der Waals surface area contributed by atoms with Gasteiger partial charge in [-0.15, -0.1) is 11.3 Å². The lowest BCUT2D eigenvalue weighted by Gasteiger charge is -2.24. The van der Waals surface area contributed by atoms with Gasteiger partial charge >= 0.3 is 12.1 Å². The standard InChI is InChI=1S/C21H33N3O7S/c1-6-14(12-29-16-10-8-9-11-28-16)31-24-17(18(25)27-7-2)15-13-32-19(22-15)23-20(26)30-21(3,4)5/h13-14,16H,6-12H2,1-5H3,(H,22,23,26)/b24-17-. The van der Waals surface area contributed by atoms with Gasteiger partial charge in [-0.25, -0.2) is 14.6 Å². The lowest BCUT2D eigenvalue weighted by atomic mass is 10.2. The fourth-order valence-electron chi connectivity index (χ4n) is 2.63. The lowest BCUT2D eigenvalue weighted by molar-refractivity contribution is -0.180. The Hall–Kier alpha value is -2.24. The van der Waals surface area contributed by atoms with Gasteiger partial charge in [0.2, 0.25) is 5.71 Å². The van der Waals surface area contributed by atoms with Crippen molar-refractivity contribution in [2.24, 2.45) is 5.16 Å². The van der Waals surface area contributed by atoms with E-state index in [-0.39, 0.29) is 42.1 Å². The number of ether oxygens (including phenoxy) is 4. The minimum absolute atomic E-state index is 0.0901. The Kier molecular flexibility index (Phi) is 10.3. The number of thiazole rings is 1. The van der Waals surface area contributed by atoms with Gasteiger partial charge in [0.05, 0.1) is 13.2 Å². The second-order valence-corrected chi connectivity index (χ2v) is 8.95. The van der Waals surface area contributed by atoms with Crippen LogP contribution in [0.3, 0.4) is 0 Å². The molecule has 180 valence electrons. The maximum Gasteiger partial charge on any atom is 0.413 e. The van der Waals surface area contributed by atoms with E-state index < -0.39 is 17.7 Å². The van der Waals surface area contributed by atoms with Crippen molar-refractivity contribution in [1.29, 1.82) is 0 Å². The second kappa shape index (κ2) is 12.7. The molecule has 1 aliphatic rings. The van der Waals surface area contributed by atoms with E-state index in [0.717, 1.165) is 30.6 Å². The molecular weight excluding hydrogens is 438 g/mol. The summed E-state index contributed by atoms with van der Waals surface area (Å²) in [5, 5.41) is 8.41. The van der Waals surface area contributed by atoms with E-state index in [1.54, 1.807) is 33.1 Å². The van der Waals surface area contributed by atoms with E-state index in [4.69, 9.17) is 23.8 Å². The van der Waals surface area contributed by atoms with Crippen LogP contribution in [0.2, 0.25) is 0 Å². The summed E-state index contributed by atoms with van der Waals surface area (Å²) in [4.78, 5) is 34.2. The molecule has 11 heteroatoms. The first kappa shape index (κ1) is 26.0. The Balaban J connectivity index is 2.04. The molecule has 0 radical (unpaired) electrons. The molecule has 0 aromatic carbocycles. The Morgan fingerprint density at radius 1 is 1.34 bits per heavy atom. The second-order valence-electron chi connectivity index (χ2n) is 8.09. The third kappa shape index (κ3) is 9.09. The Morgan fingerprint density at radius 2 is 2.12 bits per heavy atom. The van der Waals surface area contributed by atoms with Crippen LogP contribution in [0.1, 0.15) is 66.0 Å². The average Bonchev–Trinajstić information content (AvgIpc) is 3.17. The molecule has 2 rings (SSSR count). The van der Waals surface area contributed by atoms with Crippen molar-refractivity contribution in [3.63, 3.8) is 0 Å². The summed E-state index contributed by atoms with van der Waals surface area (Å²) in [6.45, 7) is 10.1. The number of anilines is 1. The molecule has 32 heavy (non-hydrogen) atoms. The monoisotopic (exact) mass is 471 g/mol. The number of nitrogens with zero attached hydrogens (tertiary/aromatic N) is 2. The van der Waals surface area contributed by atoms with E-state index in [1.165, 1.54) is 0 Å². The summed E-state index contributed by atoms with van der Waals surface area (Å²) in [6.07, 6.45) is 2.32. The predicted octanol–water partition coefficient (Wildman–Crippen LogP) is 4.10. The van der Waals surface area contributed by atoms with Gasteiger partial charge in [-0.3, -0.25) is 5.32 Å². The number of hydrogen-bond donors (Lipinski definition) is 1. The van der Waals surface area contributed by atoms with Gasteiger partial charge in [0.25, 0.3) is 0 Å². The van der Waals surface area contributed by atoms with Gasteiger partial charge in [-0.1, -0.05) is 12.1 Å². The summed E-state index contributed by atoms with van der Waals surface area (Å²) in [5.41, 5.74) is -0.506. The zero-order valence-corrected chi connectivity index (χ0v) is 20.2. The molecule has 1 N–H and O–H groups in total. The van der Waals surface area contributed by atoms with Crippen LogP contribution in [0.25, 0.3) is 0 Å². The number of nitrogens with one attached hydrogen (secondary N) is 1. The fourth-order valence-corrected chi connectivity index (χ4v) is 3.31. The van der Waals surface area contributed by atoms with Crippen molar-refractivity contribution in [1.82, 2.24) is 4.98 Å². The van der Waals surface area contributed by atoms with Crippen molar-refractivity contribution in [2.75, 3.05) is 25.1 Å². The number of amides is 1. The predicted molar refractivity (Wildman–Crippen MR) is 120 cm³/mol. The molecule has 2 atom stereocenters. The van der Waals surface area contributed by atoms with Crippen LogP contribution >= 0.6 is 11.3 Å². The first-order valence-electron chi connectivity index (χ1n) is 10.8. The molecule has 1 saturated heterocycles. The Labute approximate surface area is 192 Å². The number of carbonyl (C=O) groups excluding carboxylic acids is 2. The fraction of sp³-hybridized carbons (Fsp3) is 0.714. The molecule has 1 fully saturated rings. The molecule has 10 nitrogen and oxygen atoms in total. The van der Waals surface area contributed by atoms with Gasteiger partial charge in [0.1, 0.15) is 11.3 Å². The summed E-state index contributed by atoms with van der Waals surface area (Å²) < 4.78 is 21.6. The smallest absolute Gasteiger partial charge is 0.413 e. The van der Waals surface area contributed by atoms with Gasteiger partial charge in [-0.05, 0) is 53.4 Å². The minimum atomic E-state index is -0.673. The number of hydrogen-bond acceptors (Lipinski definition) is 10. The van der Waals surface area contributed by atoms with Crippen LogP contribution in [0.4, 0.5) is 9.93 Å². The zero-order valence-electron chi connectivity index (χ0n) is 19.3. The molecule has 1 aliphatic heterocycles. The van der Waals surface area contributed by atoms with Gasteiger partial charge < -0.3 is 23.8 Å². The highest BCUT2D eigenvalue weighted by Gasteiger charge is 2.23. The van der Waals surface area contributed by atoms with Crippen LogP contribution in [0, 0.1) is 0 Å². The molecule has 0 saturated carbocycles. The number of carbonyl (C=O) groups is 2. The van der Waals surface area contributed by atoms with Crippen LogP contribution in [0.5, 0.6) is 0 Å². The van der Waals surface area contributed by atoms with Crippen molar-refractivity contribution >= 4 is 34.2 Å². The van der Waals surface area contributed by atoms with Crippen molar-refractivity contribution in [3.05, 3.63) is 11.1 Å². The summed E-state index contributed by atoms with van der Waals surface area (Å²) >= 11 is 1.13. The number of oxime groups is 1. The zero-order chi connectivity index (χ0) is 23.6. The molecule has 0 spiro atoms. The molecular formula is C21H33N3O7S. The molecule has 1 amide bonds. The van der Waals surface area contributed by atoms with Gasteiger partial charge in [0, 0.05) is 12.0 Å². The summed E-state index contributed by atoms with van der Waals surface area (Å²) in [7, 11) is 0. The molecule has 0 aliphatic carbocycles. The third-order valence-electron chi connectivity index (χ3n) is 4.18. The number of esters is 1. The van der Waals surface area contributed by atoms with Crippen molar-refractivity contribution in [2.45, 2.75) is 78.3 Å². The molecule has 0 bridgehead atoms. The van der Waals surface area contributed by atoms with Crippen LogP contribution in [-0.2, 0) is 28.6 Å². The normalized spacial score (nSPS) is 18.0. The van der Waals surface area contributed by atoms with Crippen molar-refractivity contribution in [3.8, 4) is 0 Å². The molecule has 2 heterocycles. The summed E-state index contributed by atoms with van der Waals surface area (Å²) in [5.74, 6) is -0.673. The quantitative estimate of drug-likeness (QED) is 0.308. The van der Waals surface area contributed by atoms with Gasteiger partial charge in [-0.2, -0.15) is 0 Å². The minimum Gasteiger partial charge on any atom is -0.461 e. The highest BCUT2D eigenvalue weighted by atomic mass is 32.1. The number of rotatable bonds is 10. The molecule has 2 unspecified atom stereocenters. The first-order valence-corrected chi connectivity index (χ1v) is 11.7. The maximum absolute atomic E-state index is 12.4. The lowest BCUT2D eigenvalue weighted by Crippen LogP contribution is -2.28. The summed E-state index contributed by atoms with van der Waals surface area (Å²) in [6, 6.07) is 0. The Bertz CT molecular complexity index is 770. The molecule has 1 aromatic heterocycles. The van der Waals surface area contributed by atoms with E-state index >= 15 is 0 Å². The third-order valence-corrected chi connectivity index (χ3v) is 4.94. The van der Waals surface area contributed by atoms with E-state index in [9.17, 15) is 9.59 Å². The largest absolute Gasteiger partial charge is 0.461 e. The van der Waals surface area contributed by atoms with Crippen molar-refractivity contribution < 1.29 is 33.4 Å². The van der Waals surface area contributed by atoms with E-state index in [2.05, 4.69) is 15.5 Å². The maximum atomic E-state index is 12.4. The molecule has 1 aromatic rings. The van der Waals surface area contributed by atoms with Crippen LogP contribution in [0.15, 0.2) is 10.5 Å². The SMILES string of the molecule is CCOC(=O)/C(=N\OC(CC)COC1CCCCO1)c1csc(NC(=O)OC(C)(C)C)n1.